The highest BCUT2D eigenvalue weighted by Gasteiger charge is 2.33. The molecule has 3 aromatic rings. The van der Waals surface area contributed by atoms with Crippen molar-refractivity contribution in [1.29, 1.82) is 0 Å². The van der Waals surface area contributed by atoms with Crippen molar-refractivity contribution in [3.8, 4) is 5.75 Å². The van der Waals surface area contributed by atoms with Crippen LogP contribution in [0.15, 0.2) is 54.7 Å². The van der Waals surface area contributed by atoms with Gasteiger partial charge >= 0.3 is 6.36 Å². The first-order valence-electron chi connectivity index (χ1n) is 9.50. The normalized spacial score (nSPS) is 13.8. The monoisotopic (exact) mass is 463 g/mol. The number of carbonyl (C=O) groups is 2. The van der Waals surface area contributed by atoms with Gasteiger partial charge in [0.05, 0.1) is 12.5 Å². The Kier molecular flexibility index (Phi) is 5.71. The Morgan fingerprint density at radius 3 is 2.58 bits per heavy atom. The maximum absolute atomic E-state index is 14.5. The molecule has 170 valence electrons. The number of benzene rings is 2. The molecule has 0 saturated carbocycles. The molecule has 2 heterocycles. The van der Waals surface area contributed by atoms with E-state index in [0.717, 1.165) is 18.2 Å². The van der Waals surface area contributed by atoms with Crippen molar-refractivity contribution in [2.45, 2.75) is 18.8 Å². The van der Waals surface area contributed by atoms with Gasteiger partial charge in [-0.1, -0.05) is 6.07 Å². The lowest BCUT2D eigenvalue weighted by Crippen LogP contribution is -2.31. The van der Waals surface area contributed by atoms with E-state index in [2.05, 4.69) is 20.4 Å². The summed E-state index contributed by atoms with van der Waals surface area (Å²) >= 11 is 0. The molecular formula is C22H14F5N3O3. The number of fused-ring (bicyclic) bond motifs is 1. The molecule has 11 heteroatoms. The highest BCUT2D eigenvalue weighted by Crippen LogP contribution is 2.31. The second-order valence-corrected chi connectivity index (χ2v) is 7.11. The van der Waals surface area contributed by atoms with Crippen LogP contribution in [0.2, 0.25) is 0 Å². The first-order valence-corrected chi connectivity index (χ1v) is 9.50. The molecule has 0 aliphatic carbocycles. The highest BCUT2D eigenvalue weighted by atomic mass is 19.4. The SMILES string of the molecule is O=C1Cc2cc(C(=O)NC(c3ccc(OC(F)(F)F)c(F)c3)c3ncccc3F)ccc2N1. The van der Waals surface area contributed by atoms with Crippen molar-refractivity contribution < 1.29 is 36.3 Å². The van der Waals surface area contributed by atoms with Crippen LogP contribution in [0.5, 0.6) is 5.75 Å². The quantitative estimate of drug-likeness (QED) is 0.554. The molecular weight excluding hydrogens is 449 g/mol. The summed E-state index contributed by atoms with van der Waals surface area (Å²) in [6.45, 7) is 0. The van der Waals surface area contributed by atoms with Gasteiger partial charge in [-0.25, -0.2) is 8.78 Å². The fourth-order valence-electron chi connectivity index (χ4n) is 3.41. The molecule has 1 aromatic heterocycles. The van der Waals surface area contributed by atoms with Crippen molar-refractivity contribution in [2.75, 3.05) is 5.32 Å². The van der Waals surface area contributed by atoms with E-state index in [1.165, 1.54) is 30.5 Å². The molecule has 0 bridgehead atoms. The Morgan fingerprint density at radius 2 is 1.88 bits per heavy atom. The lowest BCUT2D eigenvalue weighted by molar-refractivity contribution is -0.275. The van der Waals surface area contributed by atoms with Gasteiger partial charge in [0.25, 0.3) is 5.91 Å². The Balaban J connectivity index is 1.68. The number of rotatable bonds is 5. The van der Waals surface area contributed by atoms with Crippen LogP contribution < -0.4 is 15.4 Å². The van der Waals surface area contributed by atoms with Crippen molar-refractivity contribution in [2.24, 2.45) is 0 Å². The Labute approximate surface area is 183 Å². The number of ether oxygens (including phenoxy) is 1. The molecule has 1 aliphatic rings. The number of amides is 2. The topological polar surface area (TPSA) is 80.3 Å². The third kappa shape index (κ3) is 4.92. The number of anilines is 1. The summed E-state index contributed by atoms with van der Waals surface area (Å²) in [4.78, 5) is 28.3. The fourth-order valence-corrected chi connectivity index (χ4v) is 3.41. The second kappa shape index (κ2) is 8.49. The number of pyridine rings is 1. The largest absolute Gasteiger partial charge is 0.573 e. The predicted molar refractivity (Wildman–Crippen MR) is 105 cm³/mol. The maximum Gasteiger partial charge on any atom is 0.573 e. The van der Waals surface area contributed by atoms with Gasteiger partial charge in [0.2, 0.25) is 5.91 Å². The Morgan fingerprint density at radius 1 is 1.09 bits per heavy atom. The standard InChI is InChI=1S/C22H14F5N3O3/c23-14-2-1-7-28-20(14)19(11-4-6-17(15(24)9-11)33-22(25,26)27)30-21(32)12-3-5-16-13(8-12)10-18(31)29-16/h1-9,19H,10H2,(H,29,31)(H,30,32). The molecule has 1 aliphatic heterocycles. The van der Waals surface area contributed by atoms with Gasteiger partial charge in [-0.2, -0.15) is 0 Å². The molecule has 4 rings (SSSR count). The third-order valence-electron chi connectivity index (χ3n) is 4.84. The molecule has 1 atom stereocenters. The number of nitrogens with one attached hydrogen (secondary N) is 2. The first kappa shape index (κ1) is 22.2. The maximum atomic E-state index is 14.5. The minimum absolute atomic E-state index is 0.0639. The summed E-state index contributed by atoms with van der Waals surface area (Å²) in [5, 5.41) is 5.15. The molecule has 6 nitrogen and oxygen atoms in total. The molecule has 1 unspecified atom stereocenters. The van der Waals surface area contributed by atoms with E-state index in [1.54, 1.807) is 0 Å². The molecule has 33 heavy (non-hydrogen) atoms. The van der Waals surface area contributed by atoms with Gasteiger partial charge in [0.1, 0.15) is 11.5 Å². The van der Waals surface area contributed by atoms with Crippen LogP contribution >= 0.6 is 0 Å². The molecule has 2 N–H and O–H groups in total. The summed E-state index contributed by atoms with van der Waals surface area (Å²) in [6, 6.07) is 8.00. The van der Waals surface area contributed by atoms with Gasteiger partial charge in [0, 0.05) is 17.4 Å². The molecule has 0 radical (unpaired) electrons. The summed E-state index contributed by atoms with van der Waals surface area (Å²) < 4.78 is 69.7. The number of hydrogen-bond acceptors (Lipinski definition) is 4. The number of aromatic nitrogens is 1. The van der Waals surface area contributed by atoms with Gasteiger partial charge in [-0.05, 0) is 53.6 Å². The number of nitrogens with zero attached hydrogens (tertiary/aromatic N) is 1. The van der Waals surface area contributed by atoms with Crippen LogP contribution in [0.1, 0.15) is 33.2 Å². The van der Waals surface area contributed by atoms with Gasteiger partial charge in [0.15, 0.2) is 11.6 Å². The van der Waals surface area contributed by atoms with Gasteiger partial charge in [-0.15, -0.1) is 13.2 Å². The van der Waals surface area contributed by atoms with Gasteiger partial charge < -0.3 is 15.4 Å². The van der Waals surface area contributed by atoms with Crippen LogP contribution in [0.4, 0.5) is 27.6 Å². The minimum atomic E-state index is -5.10. The van der Waals surface area contributed by atoms with Crippen LogP contribution in [0.3, 0.4) is 0 Å². The zero-order valence-corrected chi connectivity index (χ0v) is 16.5. The van der Waals surface area contributed by atoms with E-state index < -0.39 is 35.7 Å². The second-order valence-electron chi connectivity index (χ2n) is 7.11. The number of hydrogen-bond donors (Lipinski definition) is 2. The summed E-state index contributed by atoms with van der Waals surface area (Å²) in [7, 11) is 0. The van der Waals surface area contributed by atoms with Crippen molar-refractivity contribution >= 4 is 17.5 Å². The number of halogens is 5. The Hall–Kier alpha value is -4.02. The fraction of sp³-hybridized carbons (Fsp3) is 0.136. The predicted octanol–water partition coefficient (Wildman–Crippen LogP) is 4.27. The molecule has 0 fully saturated rings. The first-order chi connectivity index (χ1) is 15.6. The number of carbonyl (C=O) groups excluding carboxylic acids is 2. The smallest absolute Gasteiger partial charge is 0.403 e. The zero-order chi connectivity index (χ0) is 23.8. The van der Waals surface area contributed by atoms with Gasteiger partial charge in [-0.3, -0.25) is 14.6 Å². The molecule has 2 aromatic carbocycles. The van der Waals surface area contributed by atoms with Crippen molar-refractivity contribution in [1.82, 2.24) is 10.3 Å². The van der Waals surface area contributed by atoms with Crippen LogP contribution in [-0.4, -0.2) is 23.2 Å². The lowest BCUT2D eigenvalue weighted by atomic mass is 10.0. The highest BCUT2D eigenvalue weighted by molar-refractivity contribution is 6.01. The van der Waals surface area contributed by atoms with Crippen LogP contribution in [0, 0.1) is 11.6 Å². The Bertz CT molecular complexity index is 1250. The number of alkyl halides is 3. The van der Waals surface area contributed by atoms with E-state index in [4.69, 9.17) is 0 Å². The molecule has 0 saturated heterocycles. The van der Waals surface area contributed by atoms with Crippen molar-refractivity contribution in [3.05, 3.63) is 88.7 Å². The van der Waals surface area contributed by atoms with Crippen LogP contribution in [-0.2, 0) is 11.2 Å². The summed E-state index contributed by atoms with van der Waals surface area (Å²) in [5.74, 6) is -4.17. The summed E-state index contributed by atoms with van der Waals surface area (Å²) in [6.07, 6.45) is -3.77. The molecule has 2 amide bonds. The third-order valence-corrected chi connectivity index (χ3v) is 4.84. The average molecular weight is 463 g/mol. The van der Waals surface area contributed by atoms with E-state index >= 15 is 0 Å². The average Bonchev–Trinajstić information content (AvgIpc) is 3.12. The minimum Gasteiger partial charge on any atom is -0.403 e. The van der Waals surface area contributed by atoms with E-state index in [-0.39, 0.29) is 29.1 Å². The van der Waals surface area contributed by atoms with Crippen molar-refractivity contribution in [3.63, 3.8) is 0 Å². The molecule has 0 spiro atoms. The lowest BCUT2D eigenvalue weighted by Gasteiger charge is -2.20. The van der Waals surface area contributed by atoms with E-state index in [1.807, 2.05) is 0 Å². The van der Waals surface area contributed by atoms with E-state index in [0.29, 0.717) is 17.3 Å². The van der Waals surface area contributed by atoms with E-state index in [9.17, 15) is 31.5 Å². The van der Waals surface area contributed by atoms with Crippen LogP contribution in [0.25, 0.3) is 0 Å². The zero-order valence-electron chi connectivity index (χ0n) is 16.5. The summed E-state index contributed by atoms with van der Waals surface area (Å²) in [5.41, 5.74) is 0.960.